The van der Waals surface area contributed by atoms with Gasteiger partial charge in [0.2, 0.25) is 27.7 Å². The molecule has 3 heterocycles. The first-order valence-electron chi connectivity index (χ1n) is 11.5. The number of carbonyl (C=O) groups excluding carboxylic acids is 3. The van der Waals surface area contributed by atoms with Crippen LogP contribution in [0.5, 0.6) is 11.5 Å². The lowest BCUT2D eigenvalue weighted by Crippen LogP contribution is -2.53. The van der Waals surface area contributed by atoms with E-state index in [4.69, 9.17) is 9.47 Å². The third-order valence-electron chi connectivity index (χ3n) is 6.84. The maximum atomic E-state index is 13.2. The first-order chi connectivity index (χ1) is 16.4. The van der Waals surface area contributed by atoms with Gasteiger partial charge in [-0.15, -0.1) is 0 Å². The molecule has 3 amide bonds. The number of hydrogen-bond donors (Lipinski definition) is 0. The number of piperazine rings is 1. The van der Waals surface area contributed by atoms with Crippen molar-refractivity contribution in [2.45, 2.75) is 24.2 Å². The largest absolute Gasteiger partial charge is 0.490 e. The lowest BCUT2D eigenvalue weighted by molar-refractivity contribution is -0.147. The van der Waals surface area contributed by atoms with Gasteiger partial charge >= 0.3 is 0 Å². The van der Waals surface area contributed by atoms with E-state index in [1.165, 1.54) is 21.3 Å². The summed E-state index contributed by atoms with van der Waals surface area (Å²) >= 11 is 0. The third-order valence-corrected chi connectivity index (χ3v) is 8.73. The van der Waals surface area contributed by atoms with Crippen molar-refractivity contribution < 1.29 is 32.3 Å². The molecule has 1 aliphatic carbocycles. The fourth-order valence-electron chi connectivity index (χ4n) is 4.89. The smallest absolute Gasteiger partial charge is 0.243 e. The van der Waals surface area contributed by atoms with Crippen molar-refractivity contribution in [1.82, 2.24) is 14.1 Å². The Bertz CT molecular complexity index is 1120. The van der Waals surface area contributed by atoms with Gasteiger partial charge in [0, 0.05) is 38.7 Å². The van der Waals surface area contributed by atoms with Gasteiger partial charge in [-0.3, -0.25) is 19.3 Å². The average Bonchev–Trinajstić information content (AvgIpc) is 3.01. The number of benzene rings is 1. The minimum absolute atomic E-state index is 0.112. The predicted octanol–water partition coefficient (Wildman–Crippen LogP) is 0.632. The van der Waals surface area contributed by atoms with E-state index in [1.54, 1.807) is 6.07 Å². The summed E-state index contributed by atoms with van der Waals surface area (Å²) in [6.07, 6.45) is 5.58. The van der Waals surface area contributed by atoms with Gasteiger partial charge in [-0.05, 0) is 25.0 Å². The van der Waals surface area contributed by atoms with Crippen LogP contribution in [0.1, 0.15) is 19.3 Å². The molecule has 0 aromatic heterocycles. The Balaban J connectivity index is 1.21. The Morgan fingerprint density at radius 1 is 0.912 bits per heavy atom. The Morgan fingerprint density at radius 2 is 1.53 bits per heavy atom. The lowest BCUT2D eigenvalue weighted by Gasteiger charge is -2.34. The van der Waals surface area contributed by atoms with Crippen LogP contribution in [0.25, 0.3) is 0 Å². The van der Waals surface area contributed by atoms with Crippen LogP contribution in [0.4, 0.5) is 0 Å². The Labute approximate surface area is 198 Å². The first-order valence-corrected chi connectivity index (χ1v) is 13.0. The van der Waals surface area contributed by atoms with Crippen LogP contribution in [0.3, 0.4) is 0 Å². The molecule has 2 saturated heterocycles. The zero-order valence-corrected chi connectivity index (χ0v) is 19.5. The summed E-state index contributed by atoms with van der Waals surface area (Å²) in [5.74, 6) is -0.741. The minimum Gasteiger partial charge on any atom is -0.490 e. The molecule has 0 N–H and O–H groups in total. The minimum atomic E-state index is -3.78. The molecule has 0 unspecified atom stereocenters. The van der Waals surface area contributed by atoms with Crippen molar-refractivity contribution in [3.8, 4) is 11.5 Å². The van der Waals surface area contributed by atoms with Crippen molar-refractivity contribution in [2.75, 3.05) is 45.9 Å². The van der Waals surface area contributed by atoms with Crippen LogP contribution in [-0.2, 0) is 24.4 Å². The van der Waals surface area contributed by atoms with Crippen LogP contribution in [0, 0.1) is 11.8 Å². The maximum absolute atomic E-state index is 13.2. The molecule has 5 rings (SSSR count). The highest BCUT2D eigenvalue weighted by Gasteiger charge is 2.48. The van der Waals surface area contributed by atoms with E-state index in [0.29, 0.717) is 37.6 Å². The van der Waals surface area contributed by atoms with Crippen LogP contribution >= 0.6 is 0 Å². The first kappa shape index (κ1) is 22.9. The number of sulfonamides is 1. The number of carbonyl (C=O) groups is 3. The van der Waals surface area contributed by atoms with Crippen molar-refractivity contribution >= 4 is 27.7 Å². The summed E-state index contributed by atoms with van der Waals surface area (Å²) in [5.41, 5.74) is 0. The van der Waals surface area contributed by atoms with Crippen molar-refractivity contribution in [3.05, 3.63) is 30.4 Å². The van der Waals surface area contributed by atoms with Gasteiger partial charge in [0.1, 0.15) is 6.54 Å². The Morgan fingerprint density at radius 3 is 2.18 bits per heavy atom. The molecule has 2 fully saturated rings. The zero-order valence-electron chi connectivity index (χ0n) is 18.7. The van der Waals surface area contributed by atoms with E-state index in [2.05, 4.69) is 0 Å². The number of imide groups is 1. The number of likely N-dealkylation sites (tertiary alicyclic amines) is 1. The summed E-state index contributed by atoms with van der Waals surface area (Å²) in [7, 11) is -3.78. The van der Waals surface area contributed by atoms with Crippen LogP contribution in [0.15, 0.2) is 35.2 Å². The number of amides is 3. The van der Waals surface area contributed by atoms with E-state index >= 15 is 0 Å². The molecule has 11 heteroatoms. The number of nitrogens with zero attached hydrogens (tertiary/aromatic N) is 3. The van der Waals surface area contributed by atoms with Gasteiger partial charge in [-0.1, -0.05) is 12.2 Å². The SMILES string of the molecule is O=C(CN1C(=O)[C@H]2CC=CC[C@H]2C1=O)N1CCN(S(=O)(=O)c2ccc3c(c2)OCCCO3)CC1. The molecular weight excluding hydrogens is 462 g/mol. The topological polar surface area (TPSA) is 114 Å². The molecule has 182 valence electrons. The van der Waals surface area contributed by atoms with E-state index < -0.39 is 10.0 Å². The maximum Gasteiger partial charge on any atom is 0.243 e. The van der Waals surface area contributed by atoms with Crippen molar-refractivity contribution in [2.24, 2.45) is 11.8 Å². The number of allylic oxidation sites excluding steroid dienone is 2. The van der Waals surface area contributed by atoms with Gasteiger partial charge in [0.15, 0.2) is 11.5 Å². The van der Waals surface area contributed by atoms with Crippen molar-refractivity contribution in [1.29, 1.82) is 0 Å². The fraction of sp³-hybridized carbons (Fsp3) is 0.522. The molecule has 0 radical (unpaired) electrons. The number of fused-ring (bicyclic) bond motifs is 2. The summed E-state index contributed by atoms with van der Waals surface area (Å²) in [5, 5.41) is 0. The second-order valence-electron chi connectivity index (χ2n) is 8.86. The number of ether oxygens (including phenoxy) is 2. The molecule has 0 saturated carbocycles. The van der Waals surface area contributed by atoms with E-state index in [9.17, 15) is 22.8 Å². The fourth-order valence-corrected chi connectivity index (χ4v) is 6.33. The van der Waals surface area contributed by atoms with Crippen LogP contribution < -0.4 is 9.47 Å². The van der Waals surface area contributed by atoms with Gasteiger partial charge in [-0.25, -0.2) is 8.42 Å². The second kappa shape index (κ2) is 9.03. The molecular formula is C23H27N3O7S. The molecule has 0 spiro atoms. The van der Waals surface area contributed by atoms with E-state index in [1.807, 2.05) is 12.2 Å². The Hall–Kier alpha value is -2.92. The molecule has 0 bridgehead atoms. The van der Waals surface area contributed by atoms with Gasteiger partial charge in [-0.2, -0.15) is 4.31 Å². The van der Waals surface area contributed by atoms with Gasteiger partial charge in [0.05, 0.1) is 29.9 Å². The monoisotopic (exact) mass is 489 g/mol. The average molecular weight is 490 g/mol. The van der Waals surface area contributed by atoms with Crippen LogP contribution in [-0.4, -0.2) is 86.2 Å². The Kier molecular flexibility index (Phi) is 6.07. The number of hydrogen-bond acceptors (Lipinski definition) is 7. The molecule has 4 aliphatic rings. The van der Waals surface area contributed by atoms with Crippen LogP contribution in [0.2, 0.25) is 0 Å². The zero-order chi connectivity index (χ0) is 23.9. The van der Waals surface area contributed by atoms with E-state index in [-0.39, 0.29) is 67.2 Å². The molecule has 1 aromatic rings. The molecule has 34 heavy (non-hydrogen) atoms. The third kappa shape index (κ3) is 4.07. The molecule has 10 nitrogen and oxygen atoms in total. The molecule has 3 aliphatic heterocycles. The van der Waals surface area contributed by atoms with Crippen molar-refractivity contribution in [3.63, 3.8) is 0 Å². The highest BCUT2D eigenvalue weighted by atomic mass is 32.2. The quantitative estimate of drug-likeness (QED) is 0.450. The summed E-state index contributed by atoms with van der Waals surface area (Å²) < 4.78 is 38.9. The molecule has 2 atom stereocenters. The highest BCUT2D eigenvalue weighted by molar-refractivity contribution is 7.89. The lowest BCUT2D eigenvalue weighted by atomic mass is 9.85. The standard InChI is InChI=1S/C23H27N3O7S/c27-21(15-26-22(28)17-4-1-2-5-18(17)23(26)29)24-8-10-25(11-9-24)34(30,31)16-6-7-19-20(14-16)33-13-3-12-32-19/h1-2,6-7,14,17-18H,3-5,8-13,15H2/t17-,18+. The summed E-state index contributed by atoms with van der Waals surface area (Å²) in [6, 6.07) is 4.58. The number of rotatable bonds is 4. The summed E-state index contributed by atoms with van der Waals surface area (Å²) in [6.45, 7) is 1.30. The second-order valence-corrected chi connectivity index (χ2v) is 10.8. The normalized spacial score (nSPS) is 25.3. The summed E-state index contributed by atoms with van der Waals surface area (Å²) in [4.78, 5) is 40.8. The van der Waals surface area contributed by atoms with E-state index in [0.717, 1.165) is 11.3 Å². The highest BCUT2D eigenvalue weighted by Crippen LogP contribution is 2.35. The van der Waals surface area contributed by atoms with Gasteiger partial charge < -0.3 is 14.4 Å². The van der Waals surface area contributed by atoms with Gasteiger partial charge in [0.25, 0.3) is 0 Å². The molecule has 1 aromatic carbocycles. The predicted molar refractivity (Wildman–Crippen MR) is 119 cm³/mol.